The lowest BCUT2D eigenvalue weighted by Crippen LogP contribution is -2.46. The molecule has 0 spiro atoms. The van der Waals surface area contributed by atoms with Crippen molar-refractivity contribution < 1.29 is 4.79 Å². The molecule has 1 aromatic heterocycles. The van der Waals surface area contributed by atoms with Crippen molar-refractivity contribution in [3.8, 4) is 0 Å². The van der Waals surface area contributed by atoms with Crippen LogP contribution in [0.3, 0.4) is 0 Å². The summed E-state index contributed by atoms with van der Waals surface area (Å²) in [6, 6.07) is 3.92. The summed E-state index contributed by atoms with van der Waals surface area (Å²) >= 11 is 0. The van der Waals surface area contributed by atoms with Gasteiger partial charge < -0.3 is 15.1 Å². The van der Waals surface area contributed by atoms with Gasteiger partial charge in [0, 0.05) is 32.6 Å². The van der Waals surface area contributed by atoms with E-state index in [2.05, 4.69) is 27.0 Å². The summed E-state index contributed by atoms with van der Waals surface area (Å²) in [7, 11) is 0. The fourth-order valence-electron chi connectivity index (χ4n) is 2.39. The molecule has 1 fully saturated rings. The van der Waals surface area contributed by atoms with Gasteiger partial charge in [0.25, 0.3) is 0 Å². The zero-order chi connectivity index (χ0) is 14.4. The largest absolute Gasteiger partial charge is 0.354 e. The van der Waals surface area contributed by atoms with E-state index in [9.17, 15) is 4.79 Å². The number of piperazine rings is 1. The van der Waals surface area contributed by atoms with Crippen molar-refractivity contribution in [1.29, 1.82) is 0 Å². The van der Waals surface area contributed by atoms with Crippen LogP contribution in [0.25, 0.3) is 0 Å². The minimum absolute atomic E-state index is 0.0543. The number of rotatable bonds is 5. The second kappa shape index (κ2) is 7.24. The number of nitrogens with zero attached hydrogens (tertiary/aromatic N) is 3. The molecule has 0 saturated carbocycles. The number of hydrogen-bond acceptors (Lipinski definition) is 4. The standard InChI is InChI=1S/C15H24N4O/c1-3-5-15(20)17-13-6-7-14(16-12-13)19-10-8-18(4-2)9-11-19/h6-7,12H,3-5,8-11H2,1-2H3,(H,17,20). The first-order valence-electron chi connectivity index (χ1n) is 7.46. The average molecular weight is 276 g/mol. The summed E-state index contributed by atoms with van der Waals surface area (Å²) < 4.78 is 0. The third-order valence-corrected chi connectivity index (χ3v) is 3.65. The molecule has 1 saturated heterocycles. The number of hydrogen-bond donors (Lipinski definition) is 1. The molecule has 0 atom stereocenters. The Morgan fingerprint density at radius 3 is 2.55 bits per heavy atom. The van der Waals surface area contributed by atoms with Crippen LogP contribution in [0, 0.1) is 0 Å². The van der Waals surface area contributed by atoms with E-state index in [0.29, 0.717) is 6.42 Å². The molecule has 2 rings (SSSR count). The van der Waals surface area contributed by atoms with Crippen LogP contribution in [-0.4, -0.2) is 48.5 Å². The summed E-state index contributed by atoms with van der Waals surface area (Å²) in [6.07, 6.45) is 3.16. The molecule has 2 heterocycles. The van der Waals surface area contributed by atoms with E-state index in [4.69, 9.17) is 0 Å². The molecule has 0 bridgehead atoms. The lowest BCUT2D eigenvalue weighted by atomic mass is 10.3. The predicted molar refractivity (Wildman–Crippen MR) is 82.1 cm³/mol. The molecule has 110 valence electrons. The molecule has 1 N–H and O–H groups in total. The van der Waals surface area contributed by atoms with Gasteiger partial charge in [-0.05, 0) is 25.1 Å². The molecule has 5 heteroatoms. The first-order chi connectivity index (χ1) is 9.72. The molecule has 1 aliphatic heterocycles. The molecule has 1 aromatic rings. The average Bonchev–Trinajstić information content (AvgIpc) is 2.48. The number of aromatic nitrogens is 1. The monoisotopic (exact) mass is 276 g/mol. The van der Waals surface area contributed by atoms with Gasteiger partial charge in [0.1, 0.15) is 5.82 Å². The summed E-state index contributed by atoms with van der Waals surface area (Å²) in [5, 5.41) is 2.86. The summed E-state index contributed by atoms with van der Waals surface area (Å²) in [4.78, 5) is 20.7. The predicted octanol–water partition coefficient (Wildman–Crippen LogP) is 1.96. The van der Waals surface area contributed by atoms with Crippen molar-refractivity contribution in [3.05, 3.63) is 18.3 Å². The number of nitrogens with one attached hydrogen (secondary N) is 1. The van der Waals surface area contributed by atoms with Crippen LogP contribution in [0.15, 0.2) is 18.3 Å². The number of carbonyl (C=O) groups is 1. The smallest absolute Gasteiger partial charge is 0.224 e. The van der Waals surface area contributed by atoms with E-state index < -0.39 is 0 Å². The molecule has 0 aliphatic carbocycles. The lowest BCUT2D eigenvalue weighted by molar-refractivity contribution is -0.116. The fraction of sp³-hybridized carbons (Fsp3) is 0.600. The molecular weight excluding hydrogens is 252 g/mol. The number of anilines is 2. The Morgan fingerprint density at radius 2 is 2.00 bits per heavy atom. The Labute approximate surface area is 121 Å². The minimum atomic E-state index is 0.0543. The van der Waals surface area contributed by atoms with Crippen LogP contribution in [0.1, 0.15) is 26.7 Å². The van der Waals surface area contributed by atoms with Crippen molar-refractivity contribution in [2.45, 2.75) is 26.7 Å². The molecule has 0 aromatic carbocycles. The second-order valence-electron chi connectivity index (χ2n) is 5.12. The quantitative estimate of drug-likeness (QED) is 0.893. The lowest BCUT2D eigenvalue weighted by Gasteiger charge is -2.34. The van der Waals surface area contributed by atoms with Gasteiger partial charge in [-0.2, -0.15) is 0 Å². The Balaban J connectivity index is 1.90. The number of amides is 1. The highest BCUT2D eigenvalue weighted by Crippen LogP contribution is 2.16. The second-order valence-corrected chi connectivity index (χ2v) is 5.12. The first kappa shape index (κ1) is 14.8. The van der Waals surface area contributed by atoms with Crippen molar-refractivity contribution in [3.63, 3.8) is 0 Å². The van der Waals surface area contributed by atoms with Gasteiger partial charge in [0.2, 0.25) is 5.91 Å². The van der Waals surface area contributed by atoms with Crippen LogP contribution in [0.5, 0.6) is 0 Å². The van der Waals surface area contributed by atoms with Gasteiger partial charge in [-0.1, -0.05) is 13.8 Å². The number of likely N-dealkylation sites (N-methyl/N-ethyl adjacent to an activating group) is 1. The van der Waals surface area contributed by atoms with Gasteiger partial charge in [-0.25, -0.2) is 4.98 Å². The zero-order valence-corrected chi connectivity index (χ0v) is 12.4. The summed E-state index contributed by atoms with van der Waals surface area (Å²) in [5.74, 6) is 1.05. The third-order valence-electron chi connectivity index (χ3n) is 3.65. The maximum Gasteiger partial charge on any atom is 0.224 e. The first-order valence-corrected chi connectivity index (χ1v) is 7.46. The van der Waals surface area contributed by atoms with Crippen LogP contribution in [0.2, 0.25) is 0 Å². The van der Waals surface area contributed by atoms with E-state index in [1.54, 1.807) is 6.20 Å². The Morgan fingerprint density at radius 1 is 1.25 bits per heavy atom. The third kappa shape index (κ3) is 3.93. The van der Waals surface area contributed by atoms with Crippen LogP contribution < -0.4 is 10.2 Å². The highest BCUT2D eigenvalue weighted by Gasteiger charge is 2.16. The van der Waals surface area contributed by atoms with E-state index in [-0.39, 0.29) is 5.91 Å². The van der Waals surface area contributed by atoms with E-state index in [1.807, 2.05) is 19.1 Å². The fourth-order valence-corrected chi connectivity index (χ4v) is 2.39. The summed E-state index contributed by atoms with van der Waals surface area (Å²) in [5.41, 5.74) is 0.777. The molecule has 0 unspecified atom stereocenters. The normalized spacial score (nSPS) is 16.2. The molecule has 1 aliphatic rings. The van der Waals surface area contributed by atoms with Gasteiger partial charge in [-0.3, -0.25) is 4.79 Å². The van der Waals surface area contributed by atoms with Gasteiger partial charge in [0.15, 0.2) is 0 Å². The van der Waals surface area contributed by atoms with Gasteiger partial charge >= 0.3 is 0 Å². The number of carbonyl (C=O) groups excluding carboxylic acids is 1. The molecular formula is C15H24N4O. The maximum atomic E-state index is 11.5. The van der Waals surface area contributed by atoms with Crippen molar-refractivity contribution in [2.75, 3.05) is 42.9 Å². The van der Waals surface area contributed by atoms with Crippen molar-refractivity contribution in [1.82, 2.24) is 9.88 Å². The molecule has 0 radical (unpaired) electrons. The highest BCUT2D eigenvalue weighted by molar-refractivity contribution is 5.90. The SMILES string of the molecule is CCCC(=O)Nc1ccc(N2CCN(CC)CC2)nc1. The zero-order valence-electron chi connectivity index (χ0n) is 12.4. The molecule has 1 amide bonds. The van der Waals surface area contributed by atoms with Crippen LogP contribution in [-0.2, 0) is 4.79 Å². The van der Waals surface area contributed by atoms with Gasteiger partial charge in [0.05, 0.1) is 11.9 Å². The highest BCUT2D eigenvalue weighted by atomic mass is 16.1. The van der Waals surface area contributed by atoms with E-state index in [0.717, 1.165) is 50.6 Å². The van der Waals surface area contributed by atoms with Crippen molar-refractivity contribution in [2.24, 2.45) is 0 Å². The topological polar surface area (TPSA) is 48.5 Å². The summed E-state index contributed by atoms with van der Waals surface area (Å²) in [6.45, 7) is 9.52. The van der Waals surface area contributed by atoms with Gasteiger partial charge in [-0.15, -0.1) is 0 Å². The minimum Gasteiger partial charge on any atom is -0.354 e. The Hall–Kier alpha value is -1.62. The van der Waals surface area contributed by atoms with E-state index >= 15 is 0 Å². The van der Waals surface area contributed by atoms with Crippen LogP contribution >= 0.6 is 0 Å². The van der Waals surface area contributed by atoms with E-state index in [1.165, 1.54) is 0 Å². The Kier molecular flexibility index (Phi) is 5.35. The van der Waals surface area contributed by atoms with Crippen molar-refractivity contribution >= 4 is 17.4 Å². The molecule has 5 nitrogen and oxygen atoms in total. The maximum absolute atomic E-state index is 11.5. The number of pyridine rings is 1. The van der Waals surface area contributed by atoms with Crippen LogP contribution in [0.4, 0.5) is 11.5 Å². The molecule has 20 heavy (non-hydrogen) atoms. The Bertz CT molecular complexity index is 424.